The van der Waals surface area contributed by atoms with E-state index >= 15 is 0 Å². The summed E-state index contributed by atoms with van der Waals surface area (Å²) in [5.41, 5.74) is -0.492. The first-order chi connectivity index (χ1) is 8.29. The highest BCUT2D eigenvalue weighted by atomic mass is 35.5. The van der Waals surface area contributed by atoms with Crippen molar-refractivity contribution in [3.8, 4) is 5.75 Å². The van der Waals surface area contributed by atoms with Gasteiger partial charge in [-0.3, -0.25) is 9.59 Å². The number of allylic oxidation sites excluding steroid dienone is 1. The van der Waals surface area contributed by atoms with Crippen LogP contribution in [-0.2, 0) is 4.79 Å². The smallest absolute Gasteiger partial charge is 0.246 e. The molecule has 0 spiro atoms. The molecule has 0 heterocycles. The topological polar surface area (TPSA) is 54.4 Å². The zero-order chi connectivity index (χ0) is 13.8. The number of hydrogen-bond acceptors (Lipinski definition) is 3. The van der Waals surface area contributed by atoms with E-state index in [1.54, 1.807) is 0 Å². The van der Waals surface area contributed by atoms with Crippen molar-refractivity contribution in [1.82, 2.24) is 0 Å². The minimum Gasteiger partial charge on any atom is -0.506 e. The van der Waals surface area contributed by atoms with Crippen LogP contribution in [0.5, 0.6) is 5.75 Å². The Hall–Kier alpha value is -0.450. The van der Waals surface area contributed by atoms with Crippen molar-refractivity contribution >= 4 is 74.6 Å². The molecule has 0 radical (unpaired) electrons. The van der Waals surface area contributed by atoms with Crippen LogP contribution in [0.3, 0.4) is 0 Å². The van der Waals surface area contributed by atoms with Gasteiger partial charge in [0, 0.05) is 5.56 Å². The third-order valence-corrected chi connectivity index (χ3v) is 4.50. The number of benzene rings is 1. The quantitative estimate of drug-likeness (QED) is 0.564. The molecule has 94 valence electrons. The second-order valence-electron chi connectivity index (χ2n) is 3.33. The molecule has 0 aromatic heterocycles. The maximum Gasteiger partial charge on any atom is 0.246 e. The minimum atomic E-state index is -1.04. The van der Waals surface area contributed by atoms with Gasteiger partial charge >= 0.3 is 0 Å². The molecule has 1 aromatic carbocycles. The average Bonchev–Trinajstić information content (AvgIpc) is 2.35. The van der Waals surface area contributed by atoms with Gasteiger partial charge in [0.05, 0.1) is 20.6 Å². The molecule has 8 heteroatoms. The number of halogens is 5. The van der Waals surface area contributed by atoms with Crippen molar-refractivity contribution in [2.75, 3.05) is 0 Å². The maximum atomic E-state index is 11.8. The summed E-state index contributed by atoms with van der Waals surface area (Å²) >= 11 is 28.8. The van der Waals surface area contributed by atoms with Gasteiger partial charge in [0.2, 0.25) is 11.6 Å². The second-order valence-corrected chi connectivity index (χ2v) is 5.22. The summed E-state index contributed by atoms with van der Waals surface area (Å²) in [6.45, 7) is 0. The number of aromatic hydroxyl groups is 1. The van der Waals surface area contributed by atoms with Gasteiger partial charge in [-0.2, -0.15) is 0 Å². The number of phenolic OH excluding ortho intramolecular Hbond substituents is 1. The Balaban J connectivity index is 3.01. The van der Waals surface area contributed by atoms with E-state index in [1.807, 2.05) is 0 Å². The van der Waals surface area contributed by atoms with Gasteiger partial charge in [-0.15, -0.1) is 0 Å². The summed E-state index contributed by atoms with van der Waals surface area (Å²) in [5, 5.41) is 8.37. The van der Waals surface area contributed by atoms with Crippen LogP contribution in [0, 0.1) is 0 Å². The first-order valence-corrected chi connectivity index (χ1v) is 6.22. The molecule has 0 unspecified atom stereocenters. The Morgan fingerprint density at radius 3 is 1.78 bits per heavy atom. The highest BCUT2D eigenvalue weighted by Crippen LogP contribution is 2.49. The monoisotopic (exact) mass is 344 g/mol. The van der Waals surface area contributed by atoms with E-state index in [0.29, 0.717) is 0 Å². The van der Waals surface area contributed by atoms with E-state index in [0.717, 1.165) is 0 Å². The van der Waals surface area contributed by atoms with Gasteiger partial charge in [0.15, 0.2) is 0 Å². The number of fused-ring (bicyclic) bond motifs is 1. The van der Waals surface area contributed by atoms with E-state index < -0.39 is 27.9 Å². The molecule has 0 bridgehead atoms. The van der Waals surface area contributed by atoms with Crippen LogP contribution in [0.15, 0.2) is 5.03 Å². The summed E-state index contributed by atoms with van der Waals surface area (Å²) in [5.74, 6) is -2.74. The predicted octanol–water partition coefficient (Wildman–Crippen LogP) is 4.26. The predicted molar refractivity (Wildman–Crippen MR) is 71.1 cm³/mol. The molecule has 1 N–H and O–H groups in total. The van der Waals surface area contributed by atoms with E-state index in [4.69, 9.17) is 58.0 Å². The number of carbonyl (C=O) groups is 2. The van der Waals surface area contributed by atoms with Crippen molar-refractivity contribution in [2.24, 2.45) is 0 Å². The van der Waals surface area contributed by atoms with Gasteiger partial charge in [-0.1, -0.05) is 58.0 Å². The van der Waals surface area contributed by atoms with Crippen molar-refractivity contribution in [2.45, 2.75) is 0 Å². The Bertz CT molecular complexity index is 648. The number of phenols is 1. The summed E-state index contributed by atoms with van der Waals surface area (Å²) < 4.78 is 0. The lowest BCUT2D eigenvalue weighted by Gasteiger charge is -2.18. The van der Waals surface area contributed by atoms with Crippen LogP contribution in [0.2, 0.25) is 15.1 Å². The number of rotatable bonds is 0. The van der Waals surface area contributed by atoms with E-state index in [2.05, 4.69) is 0 Å². The van der Waals surface area contributed by atoms with Crippen molar-refractivity contribution in [3.63, 3.8) is 0 Å². The highest BCUT2D eigenvalue weighted by Gasteiger charge is 2.37. The standard InChI is InChI=1S/C10HCl5O3/c11-3-1-2(8(16)7(15)5(3)13)9(17)10(18)6(14)4(1)12/h16H. The lowest BCUT2D eigenvalue weighted by Crippen LogP contribution is -2.21. The molecule has 0 atom stereocenters. The fraction of sp³-hybridized carbons (Fsp3) is 0. The molecule has 0 aliphatic heterocycles. The average molecular weight is 346 g/mol. The number of ketones is 2. The zero-order valence-corrected chi connectivity index (χ0v) is 11.9. The van der Waals surface area contributed by atoms with Crippen LogP contribution in [-0.4, -0.2) is 16.7 Å². The summed E-state index contributed by atoms with van der Waals surface area (Å²) in [6.07, 6.45) is 0. The SMILES string of the molecule is O=C1C(=O)c2c(O)c(Cl)c(Cl)c(Cl)c2C(Cl)=C1Cl. The molecule has 1 aliphatic carbocycles. The second kappa shape index (κ2) is 4.58. The number of carbonyl (C=O) groups excluding carboxylic acids is 2. The molecule has 0 saturated carbocycles. The Morgan fingerprint density at radius 2 is 1.22 bits per heavy atom. The molecule has 18 heavy (non-hydrogen) atoms. The molecule has 2 rings (SSSR count). The fourth-order valence-electron chi connectivity index (χ4n) is 1.50. The highest BCUT2D eigenvalue weighted by molar-refractivity contribution is 6.72. The summed E-state index contributed by atoms with van der Waals surface area (Å²) in [7, 11) is 0. The van der Waals surface area contributed by atoms with Crippen molar-refractivity contribution in [3.05, 3.63) is 31.2 Å². The Labute approximate surface area is 126 Å². The van der Waals surface area contributed by atoms with Gasteiger partial charge in [-0.25, -0.2) is 0 Å². The first kappa shape index (κ1) is 14.0. The van der Waals surface area contributed by atoms with Gasteiger partial charge < -0.3 is 5.11 Å². The summed E-state index contributed by atoms with van der Waals surface area (Å²) in [4.78, 5) is 23.3. The minimum absolute atomic E-state index is 0.0974. The van der Waals surface area contributed by atoms with E-state index in [-0.39, 0.29) is 25.7 Å². The van der Waals surface area contributed by atoms with Crippen LogP contribution in [0.25, 0.3) is 5.03 Å². The third kappa shape index (κ3) is 1.74. The number of Topliss-reactive ketones (excluding diaryl/α,β-unsaturated/α-hetero) is 2. The Morgan fingerprint density at radius 1 is 0.667 bits per heavy atom. The fourth-order valence-corrected chi connectivity index (χ4v) is 2.71. The largest absolute Gasteiger partial charge is 0.506 e. The van der Waals surface area contributed by atoms with Gasteiger partial charge in [0.1, 0.15) is 15.8 Å². The van der Waals surface area contributed by atoms with Gasteiger partial charge in [-0.05, 0) is 0 Å². The van der Waals surface area contributed by atoms with Crippen molar-refractivity contribution in [1.29, 1.82) is 0 Å². The molecule has 1 aromatic rings. The zero-order valence-electron chi connectivity index (χ0n) is 8.15. The van der Waals surface area contributed by atoms with Gasteiger partial charge in [0.25, 0.3) is 0 Å². The molecule has 0 amide bonds. The molecule has 1 aliphatic rings. The van der Waals surface area contributed by atoms with Crippen LogP contribution < -0.4 is 0 Å². The third-order valence-electron chi connectivity index (χ3n) is 2.34. The van der Waals surface area contributed by atoms with E-state index in [1.165, 1.54) is 0 Å². The molecule has 3 nitrogen and oxygen atoms in total. The lowest BCUT2D eigenvalue weighted by atomic mass is 9.94. The maximum absolute atomic E-state index is 11.8. The van der Waals surface area contributed by atoms with Crippen LogP contribution >= 0.6 is 58.0 Å². The number of hydrogen-bond donors (Lipinski definition) is 1. The summed E-state index contributed by atoms with van der Waals surface area (Å²) in [6, 6.07) is 0. The molecule has 0 saturated heterocycles. The van der Waals surface area contributed by atoms with E-state index in [9.17, 15) is 14.7 Å². The molecule has 0 fully saturated rings. The Kier molecular flexibility index (Phi) is 3.56. The molecular weight excluding hydrogens is 345 g/mol. The van der Waals surface area contributed by atoms with Crippen LogP contribution in [0.4, 0.5) is 0 Å². The van der Waals surface area contributed by atoms with Crippen molar-refractivity contribution < 1.29 is 14.7 Å². The molecular formula is C10HCl5O3. The lowest BCUT2D eigenvalue weighted by molar-refractivity contribution is -0.111. The normalized spacial score (nSPS) is 15.2. The van der Waals surface area contributed by atoms with Crippen LogP contribution in [0.1, 0.15) is 15.9 Å². The first-order valence-electron chi connectivity index (χ1n) is 4.33.